The van der Waals surface area contributed by atoms with Crippen LogP contribution in [-0.4, -0.2) is 44.0 Å². The molecule has 0 aliphatic rings. The van der Waals surface area contributed by atoms with Crippen molar-refractivity contribution in [1.82, 2.24) is 20.8 Å². The summed E-state index contributed by atoms with van der Waals surface area (Å²) < 4.78 is 10.6. The zero-order chi connectivity index (χ0) is 16.5. The van der Waals surface area contributed by atoms with Gasteiger partial charge in [0, 0.05) is 19.8 Å². The minimum atomic E-state index is 0.649. The van der Waals surface area contributed by atoms with Gasteiger partial charge in [-0.3, -0.25) is 10.1 Å². The van der Waals surface area contributed by atoms with Gasteiger partial charge in [0.05, 0.1) is 26.5 Å². The lowest BCUT2D eigenvalue weighted by Crippen LogP contribution is -2.37. The van der Waals surface area contributed by atoms with E-state index in [2.05, 4.69) is 25.8 Å². The zero-order valence-corrected chi connectivity index (χ0v) is 13.7. The lowest BCUT2D eigenvalue weighted by Gasteiger charge is -2.12. The molecule has 0 atom stereocenters. The van der Waals surface area contributed by atoms with Gasteiger partial charge >= 0.3 is 0 Å². The summed E-state index contributed by atoms with van der Waals surface area (Å²) in [6.07, 6.45) is 2.58. The number of aromatic amines is 1. The van der Waals surface area contributed by atoms with Crippen molar-refractivity contribution in [2.75, 3.05) is 27.8 Å². The Labute approximate surface area is 136 Å². The third-order valence-corrected chi connectivity index (χ3v) is 3.38. The summed E-state index contributed by atoms with van der Waals surface area (Å²) in [4.78, 5) is 4.20. The Morgan fingerprint density at radius 1 is 1.17 bits per heavy atom. The van der Waals surface area contributed by atoms with E-state index >= 15 is 0 Å². The predicted octanol–water partition coefficient (Wildman–Crippen LogP) is 1.33. The Morgan fingerprint density at radius 3 is 2.65 bits per heavy atom. The van der Waals surface area contributed by atoms with Crippen molar-refractivity contribution in [3.8, 4) is 11.5 Å². The molecular formula is C16H23N5O2. The third kappa shape index (κ3) is 4.91. The highest BCUT2D eigenvalue weighted by Gasteiger charge is 2.05. The van der Waals surface area contributed by atoms with Crippen LogP contribution >= 0.6 is 0 Å². The molecule has 124 valence electrons. The Kier molecular flexibility index (Phi) is 6.28. The summed E-state index contributed by atoms with van der Waals surface area (Å²) >= 11 is 0. The molecule has 0 bridgehead atoms. The van der Waals surface area contributed by atoms with Gasteiger partial charge in [0.1, 0.15) is 0 Å². The molecule has 1 aromatic heterocycles. The monoisotopic (exact) mass is 317 g/mol. The summed E-state index contributed by atoms with van der Waals surface area (Å²) in [6, 6.07) is 7.86. The molecule has 0 aliphatic heterocycles. The highest BCUT2D eigenvalue weighted by atomic mass is 16.5. The van der Waals surface area contributed by atoms with Crippen LogP contribution in [0, 0.1) is 0 Å². The molecule has 3 N–H and O–H groups in total. The number of hydrogen-bond acceptors (Lipinski definition) is 4. The molecule has 0 saturated carbocycles. The number of aromatic nitrogens is 2. The van der Waals surface area contributed by atoms with Gasteiger partial charge in [0.15, 0.2) is 17.5 Å². The summed E-state index contributed by atoms with van der Waals surface area (Å²) in [5.74, 6) is 2.23. The maximum atomic E-state index is 5.31. The minimum Gasteiger partial charge on any atom is -0.493 e. The molecule has 0 amide bonds. The Bertz CT molecular complexity index is 625. The molecule has 2 rings (SSSR count). The number of guanidine groups is 1. The van der Waals surface area contributed by atoms with Gasteiger partial charge in [0.25, 0.3) is 0 Å². The largest absolute Gasteiger partial charge is 0.493 e. The van der Waals surface area contributed by atoms with Crippen molar-refractivity contribution in [3.63, 3.8) is 0 Å². The average Bonchev–Trinajstić information content (AvgIpc) is 3.11. The second-order valence-corrected chi connectivity index (χ2v) is 4.87. The molecule has 2 aromatic rings. The van der Waals surface area contributed by atoms with E-state index < -0.39 is 0 Å². The first-order chi connectivity index (χ1) is 11.3. The van der Waals surface area contributed by atoms with E-state index in [0.29, 0.717) is 6.54 Å². The van der Waals surface area contributed by atoms with Crippen LogP contribution in [0.25, 0.3) is 0 Å². The Balaban J connectivity index is 1.81. The molecule has 0 saturated heterocycles. The van der Waals surface area contributed by atoms with Crippen molar-refractivity contribution in [2.24, 2.45) is 4.99 Å². The molecular weight excluding hydrogens is 294 g/mol. The van der Waals surface area contributed by atoms with Crippen LogP contribution in [0.1, 0.15) is 11.3 Å². The zero-order valence-electron chi connectivity index (χ0n) is 13.7. The van der Waals surface area contributed by atoms with E-state index in [1.165, 1.54) is 5.56 Å². The maximum Gasteiger partial charge on any atom is 0.191 e. The van der Waals surface area contributed by atoms with E-state index in [1.807, 2.05) is 24.3 Å². The molecule has 0 spiro atoms. The SMILES string of the molecule is CN=C(NCCc1ccc(OC)c(OC)c1)NCc1ccn[nH]1. The molecule has 7 heteroatoms. The summed E-state index contributed by atoms with van der Waals surface area (Å²) in [7, 11) is 5.02. The van der Waals surface area contributed by atoms with Crippen molar-refractivity contribution in [3.05, 3.63) is 41.7 Å². The van der Waals surface area contributed by atoms with Crippen molar-refractivity contribution < 1.29 is 9.47 Å². The topological polar surface area (TPSA) is 83.6 Å². The van der Waals surface area contributed by atoms with E-state index in [4.69, 9.17) is 9.47 Å². The normalized spacial score (nSPS) is 11.2. The fourth-order valence-electron chi connectivity index (χ4n) is 2.14. The summed E-state index contributed by atoms with van der Waals surface area (Å²) in [5.41, 5.74) is 2.17. The number of aliphatic imine (C=N–C) groups is 1. The van der Waals surface area contributed by atoms with E-state index in [-0.39, 0.29) is 0 Å². The first-order valence-electron chi connectivity index (χ1n) is 7.40. The van der Waals surface area contributed by atoms with Crippen molar-refractivity contribution >= 4 is 5.96 Å². The molecule has 1 heterocycles. The van der Waals surface area contributed by atoms with Crippen LogP contribution in [0.5, 0.6) is 11.5 Å². The molecule has 0 fully saturated rings. The number of methoxy groups -OCH3 is 2. The quantitative estimate of drug-likeness (QED) is 0.530. The molecule has 0 unspecified atom stereocenters. The Hall–Kier alpha value is -2.70. The number of nitrogens with zero attached hydrogens (tertiary/aromatic N) is 2. The van der Waals surface area contributed by atoms with E-state index in [0.717, 1.165) is 36.1 Å². The molecule has 23 heavy (non-hydrogen) atoms. The van der Waals surface area contributed by atoms with Gasteiger partial charge < -0.3 is 20.1 Å². The van der Waals surface area contributed by atoms with Crippen LogP contribution in [-0.2, 0) is 13.0 Å². The fourth-order valence-corrected chi connectivity index (χ4v) is 2.14. The number of rotatable bonds is 7. The predicted molar refractivity (Wildman–Crippen MR) is 90.0 cm³/mol. The second kappa shape index (κ2) is 8.67. The molecule has 1 aromatic carbocycles. The Morgan fingerprint density at radius 2 is 2.00 bits per heavy atom. The van der Waals surface area contributed by atoms with Crippen LogP contribution in [0.2, 0.25) is 0 Å². The van der Waals surface area contributed by atoms with E-state index in [9.17, 15) is 0 Å². The lowest BCUT2D eigenvalue weighted by atomic mass is 10.1. The van der Waals surface area contributed by atoms with Gasteiger partial charge in [-0.2, -0.15) is 5.10 Å². The number of H-pyrrole nitrogens is 1. The summed E-state index contributed by atoms with van der Waals surface area (Å²) in [5, 5.41) is 13.3. The number of benzene rings is 1. The van der Waals surface area contributed by atoms with Crippen LogP contribution in [0.4, 0.5) is 0 Å². The standard InChI is InChI=1S/C16H23N5O2/c1-17-16(19-11-13-7-9-20-21-13)18-8-6-12-4-5-14(22-2)15(10-12)23-3/h4-5,7,9-10H,6,8,11H2,1-3H3,(H,20,21)(H2,17,18,19). The van der Waals surface area contributed by atoms with Gasteiger partial charge in [-0.25, -0.2) is 0 Å². The first-order valence-corrected chi connectivity index (χ1v) is 7.40. The smallest absolute Gasteiger partial charge is 0.191 e. The first kappa shape index (κ1) is 16.7. The van der Waals surface area contributed by atoms with Crippen molar-refractivity contribution in [2.45, 2.75) is 13.0 Å². The van der Waals surface area contributed by atoms with E-state index in [1.54, 1.807) is 27.5 Å². The van der Waals surface area contributed by atoms with Gasteiger partial charge in [-0.1, -0.05) is 6.07 Å². The van der Waals surface area contributed by atoms with Gasteiger partial charge in [-0.15, -0.1) is 0 Å². The van der Waals surface area contributed by atoms with Gasteiger partial charge in [0.2, 0.25) is 0 Å². The lowest BCUT2D eigenvalue weighted by molar-refractivity contribution is 0.354. The number of nitrogens with one attached hydrogen (secondary N) is 3. The highest BCUT2D eigenvalue weighted by Crippen LogP contribution is 2.27. The third-order valence-electron chi connectivity index (χ3n) is 3.38. The van der Waals surface area contributed by atoms with Crippen LogP contribution < -0.4 is 20.1 Å². The number of hydrogen-bond donors (Lipinski definition) is 3. The minimum absolute atomic E-state index is 0.649. The van der Waals surface area contributed by atoms with Gasteiger partial charge in [-0.05, 0) is 30.2 Å². The van der Waals surface area contributed by atoms with Crippen LogP contribution in [0.15, 0.2) is 35.5 Å². The average molecular weight is 317 g/mol. The molecule has 0 radical (unpaired) electrons. The maximum absolute atomic E-state index is 5.31. The highest BCUT2D eigenvalue weighted by molar-refractivity contribution is 5.79. The fraction of sp³-hybridized carbons (Fsp3) is 0.375. The number of ether oxygens (including phenoxy) is 2. The summed E-state index contributed by atoms with van der Waals surface area (Å²) in [6.45, 7) is 1.41. The van der Waals surface area contributed by atoms with Crippen molar-refractivity contribution in [1.29, 1.82) is 0 Å². The molecule has 7 nitrogen and oxygen atoms in total. The molecule has 0 aliphatic carbocycles. The van der Waals surface area contributed by atoms with Crippen LogP contribution in [0.3, 0.4) is 0 Å². The second-order valence-electron chi connectivity index (χ2n) is 4.87.